The number of hydrogen-bond acceptors (Lipinski definition) is 4. The third kappa shape index (κ3) is 6.33. The van der Waals surface area contributed by atoms with Crippen LogP contribution in [-0.2, 0) is 11.2 Å². The van der Waals surface area contributed by atoms with Crippen LogP contribution < -0.4 is 19.7 Å². The van der Waals surface area contributed by atoms with E-state index < -0.39 is 0 Å². The Balaban J connectivity index is 1.85. The maximum atomic E-state index is 12.0. The van der Waals surface area contributed by atoms with Gasteiger partial charge >= 0.3 is 12.0 Å². The number of hydrogen-bond donors (Lipinski definition) is 1. The Morgan fingerprint density at radius 2 is 1.59 bits per heavy atom. The average molecular weight is 370 g/mol. The number of methoxy groups -OCH3 is 1. The molecule has 0 saturated carbocycles. The van der Waals surface area contributed by atoms with Gasteiger partial charge < -0.3 is 14.8 Å². The van der Waals surface area contributed by atoms with E-state index in [0.29, 0.717) is 17.9 Å². The van der Waals surface area contributed by atoms with Crippen molar-refractivity contribution in [2.45, 2.75) is 32.7 Å². The van der Waals surface area contributed by atoms with E-state index in [4.69, 9.17) is 9.47 Å². The number of carbonyl (C=O) groups is 2. The first-order valence-electron chi connectivity index (χ1n) is 8.87. The van der Waals surface area contributed by atoms with Crippen LogP contribution in [0.4, 0.5) is 10.5 Å². The van der Waals surface area contributed by atoms with Gasteiger partial charge in [-0.1, -0.05) is 12.1 Å². The monoisotopic (exact) mass is 370 g/mol. The van der Waals surface area contributed by atoms with Crippen molar-refractivity contribution in [3.05, 3.63) is 54.1 Å². The van der Waals surface area contributed by atoms with Gasteiger partial charge in [-0.05, 0) is 62.2 Å². The lowest BCUT2D eigenvalue weighted by atomic mass is 10.1. The molecule has 0 saturated heterocycles. The Kier molecular flexibility index (Phi) is 7.23. The van der Waals surface area contributed by atoms with Crippen LogP contribution in [0.3, 0.4) is 0 Å². The van der Waals surface area contributed by atoms with Crippen LogP contribution >= 0.6 is 0 Å². The van der Waals surface area contributed by atoms with Crippen molar-refractivity contribution in [3.8, 4) is 11.5 Å². The number of urea groups is 1. The molecule has 0 aliphatic heterocycles. The summed E-state index contributed by atoms with van der Waals surface area (Å²) in [6, 6.07) is 14.3. The summed E-state index contributed by atoms with van der Waals surface area (Å²) in [6.45, 7) is 3.81. The van der Waals surface area contributed by atoms with E-state index in [2.05, 4.69) is 5.32 Å². The molecule has 6 heteroatoms. The highest BCUT2D eigenvalue weighted by atomic mass is 16.5. The first-order chi connectivity index (χ1) is 12.9. The summed E-state index contributed by atoms with van der Waals surface area (Å²) >= 11 is 0. The Hall–Kier alpha value is -3.02. The van der Waals surface area contributed by atoms with Gasteiger partial charge in [0, 0.05) is 25.2 Å². The fourth-order valence-corrected chi connectivity index (χ4v) is 2.42. The Bertz CT molecular complexity index is 755. The molecule has 1 N–H and O–H groups in total. The molecule has 0 aliphatic rings. The van der Waals surface area contributed by atoms with Gasteiger partial charge in [0.1, 0.15) is 11.5 Å². The zero-order chi connectivity index (χ0) is 19.8. The standard InChI is InChI=1S/C21H26N2O4/c1-15(2)22-21(25)23(3)17-8-12-19(13-9-17)27-20(24)14-7-16-5-10-18(26-4)11-6-16/h5-6,8-13,15H,7,14H2,1-4H3,(H,22,25). The fraction of sp³-hybridized carbons (Fsp3) is 0.333. The smallest absolute Gasteiger partial charge is 0.321 e. The van der Waals surface area contributed by atoms with Crippen molar-refractivity contribution >= 4 is 17.7 Å². The number of carbonyl (C=O) groups excluding carboxylic acids is 2. The molecule has 0 heterocycles. The molecular weight excluding hydrogens is 344 g/mol. The maximum absolute atomic E-state index is 12.0. The minimum absolute atomic E-state index is 0.0610. The number of amides is 2. The number of benzene rings is 2. The number of ether oxygens (including phenoxy) is 2. The molecule has 27 heavy (non-hydrogen) atoms. The quantitative estimate of drug-likeness (QED) is 0.595. The van der Waals surface area contributed by atoms with Gasteiger partial charge in [0.05, 0.1) is 7.11 Å². The molecule has 0 atom stereocenters. The fourth-order valence-electron chi connectivity index (χ4n) is 2.42. The molecule has 0 bridgehead atoms. The highest BCUT2D eigenvalue weighted by molar-refractivity contribution is 5.91. The van der Waals surface area contributed by atoms with Crippen molar-refractivity contribution in [3.63, 3.8) is 0 Å². The number of rotatable bonds is 7. The van der Waals surface area contributed by atoms with Crippen LogP contribution in [0.1, 0.15) is 25.8 Å². The first-order valence-corrected chi connectivity index (χ1v) is 8.87. The van der Waals surface area contributed by atoms with Crippen LogP contribution in [0.25, 0.3) is 0 Å². The van der Waals surface area contributed by atoms with E-state index in [1.807, 2.05) is 38.1 Å². The van der Waals surface area contributed by atoms with Crippen molar-refractivity contribution in [2.75, 3.05) is 19.1 Å². The number of anilines is 1. The van der Waals surface area contributed by atoms with Gasteiger partial charge in [0.25, 0.3) is 0 Å². The summed E-state index contributed by atoms with van der Waals surface area (Å²) in [5.41, 5.74) is 1.76. The van der Waals surface area contributed by atoms with E-state index in [1.54, 1.807) is 38.4 Å². The van der Waals surface area contributed by atoms with Crippen LogP contribution in [-0.4, -0.2) is 32.2 Å². The average Bonchev–Trinajstić information content (AvgIpc) is 2.66. The Labute approximate surface area is 160 Å². The van der Waals surface area contributed by atoms with Crippen molar-refractivity contribution in [1.29, 1.82) is 0 Å². The van der Waals surface area contributed by atoms with Crippen LogP contribution in [0.15, 0.2) is 48.5 Å². The normalized spacial score (nSPS) is 10.4. The second-order valence-corrected chi connectivity index (χ2v) is 6.48. The lowest BCUT2D eigenvalue weighted by Crippen LogP contribution is -2.40. The number of nitrogens with one attached hydrogen (secondary N) is 1. The SMILES string of the molecule is COc1ccc(CCC(=O)Oc2ccc(N(C)C(=O)NC(C)C)cc2)cc1. The summed E-state index contributed by atoms with van der Waals surface area (Å²) in [4.78, 5) is 25.5. The summed E-state index contributed by atoms with van der Waals surface area (Å²) in [6.07, 6.45) is 0.879. The molecule has 0 aliphatic carbocycles. The van der Waals surface area contributed by atoms with Gasteiger partial charge in [0.15, 0.2) is 0 Å². The molecule has 2 aromatic rings. The van der Waals surface area contributed by atoms with Crippen molar-refractivity contribution < 1.29 is 19.1 Å². The minimum atomic E-state index is -0.301. The molecule has 0 aromatic heterocycles. The second kappa shape index (κ2) is 9.62. The predicted octanol–water partition coefficient (Wildman–Crippen LogP) is 3.79. The van der Waals surface area contributed by atoms with Crippen molar-refractivity contribution in [1.82, 2.24) is 5.32 Å². The molecule has 0 fully saturated rings. The van der Waals surface area contributed by atoms with Gasteiger partial charge in [-0.15, -0.1) is 0 Å². The van der Waals surface area contributed by atoms with E-state index in [-0.39, 0.29) is 24.5 Å². The highest BCUT2D eigenvalue weighted by Crippen LogP contribution is 2.19. The van der Waals surface area contributed by atoms with Crippen LogP contribution in [0.5, 0.6) is 11.5 Å². The topological polar surface area (TPSA) is 67.9 Å². The summed E-state index contributed by atoms with van der Waals surface area (Å²) in [7, 11) is 3.31. The molecule has 2 rings (SSSR count). The third-order valence-corrected chi connectivity index (χ3v) is 3.95. The molecule has 144 valence electrons. The van der Waals surface area contributed by atoms with E-state index >= 15 is 0 Å². The maximum Gasteiger partial charge on any atom is 0.321 e. The molecule has 2 aromatic carbocycles. The van der Waals surface area contributed by atoms with Crippen LogP contribution in [0, 0.1) is 0 Å². The van der Waals surface area contributed by atoms with Gasteiger partial charge in [0.2, 0.25) is 0 Å². The number of aryl methyl sites for hydroxylation is 1. The van der Waals surface area contributed by atoms with Crippen molar-refractivity contribution in [2.24, 2.45) is 0 Å². The van der Waals surface area contributed by atoms with E-state index in [9.17, 15) is 9.59 Å². The summed E-state index contributed by atoms with van der Waals surface area (Å²) in [5, 5.41) is 2.82. The molecule has 6 nitrogen and oxygen atoms in total. The van der Waals surface area contributed by atoms with E-state index in [0.717, 1.165) is 11.3 Å². The molecule has 0 unspecified atom stereocenters. The number of esters is 1. The third-order valence-electron chi connectivity index (χ3n) is 3.95. The Morgan fingerprint density at radius 1 is 1.00 bits per heavy atom. The first kappa shape index (κ1) is 20.3. The van der Waals surface area contributed by atoms with E-state index in [1.165, 1.54) is 4.90 Å². The number of nitrogens with zero attached hydrogens (tertiary/aromatic N) is 1. The lowest BCUT2D eigenvalue weighted by molar-refractivity contribution is -0.134. The molecule has 2 amide bonds. The zero-order valence-corrected chi connectivity index (χ0v) is 16.2. The van der Waals surface area contributed by atoms with Gasteiger partial charge in [-0.25, -0.2) is 4.79 Å². The largest absolute Gasteiger partial charge is 0.497 e. The molecule has 0 radical (unpaired) electrons. The summed E-state index contributed by atoms with van der Waals surface area (Å²) in [5.74, 6) is 0.939. The van der Waals surface area contributed by atoms with Crippen LogP contribution in [0.2, 0.25) is 0 Å². The lowest BCUT2D eigenvalue weighted by Gasteiger charge is -2.20. The highest BCUT2D eigenvalue weighted by Gasteiger charge is 2.12. The minimum Gasteiger partial charge on any atom is -0.497 e. The molecular formula is C21H26N2O4. The summed E-state index contributed by atoms with van der Waals surface area (Å²) < 4.78 is 10.5. The predicted molar refractivity (Wildman–Crippen MR) is 105 cm³/mol. The molecule has 0 spiro atoms. The van der Waals surface area contributed by atoms with Gasteiger partial charge in [-0.3, -0.25) is 9.69 Å². The zero-order valence-electron chi connectivity index (χ0n) is 16.2. The Morgan fingerprint density at radius 3 is 2.15 bits per heavy atom. The van der Waals surface area contributed by atoms with Gasteiger partial charge in [-0.2, -0.15) is 0 Å². The second-order valence-electron chi connectivity index (χ2n) is 6.48.